The third kappa shape index (κ3) is 6.53. The molecule has 1 atom stereocenters. The number of hydrogen-bond donors (Lipinski definition) is 0. The highest BCUT2D eigenvalue weighted by Crippen LogP contribution is 2.45. The van der Waals surface area contributed by atoms with Gasteiger partial charge in [0.1, 0.15) is 23.7 Å². The van der Waals surface area contributed by atoms with Gasteiger partial charge in [0.15, 0.2) is 0 Å². The Morgan fingerprint density at radius 2 is 1.70 bits per heavy atom. The Kier molecular flexibility index (Phi) is 8.46. The van der Waals surface area contributed by atoms with Crippen LogP contribution in [0.4, 0.5) is 0 Å². The maximum atomic E-state index is 6.73. The quantitative estimate of drug-likeness (QED) is 0.358. The third-order valence-electron chi connectivity index (χ3n) is 7.05. The molecule has 0 amide bonds. The fourth-order valence-electron chi connectivity index (χ4n) is 4.72. The second-order valence-electron chi connectivity index (χ2n) is 10.2. The number of hydrogen-bond acceptors (Lipinski definition) is 2. The van der Waals surface area contributed by atoms with Crippen LogP contribution >= 0.6 is 0 Å². The summed E-state index contributed by atoms with van der Waals surface area (Å²) in [6.45, 7) is 16.0. The van der Waals surface area contributed by atoms with E-state index in [4.69, 9.17) is 9.47 Å². The van der Waals surface area contributed by atoms with Crippen LogP contribution in [0.5, 0.6) is 11.5 Å². The van der Waals surface area contributed by atoms with Crippen LogP contribution in [0.1, 0.15) is 87.6 Å². The molecule has 3 rings (SSSR count). The van der Waals surface area contributed by atoms with Crippen molar-refractivity contribution in [1.82, 2.24) is 0 Å². The lowest BCUT2D eigenvalue weighted by Crippen LogP contribution is -2.37. The molecule has 0 saturated carbocycles. The van der Waals surface area contributed by atoms with E-state index in [0.29, 0.717) is 6.61 Å². The van der Waals surface area contributed by atoms with Gasteiger partial charge in [0.2, 0.25) is 0 Å². The fraction of sp³-hybridized carbons (Fsp3) is 0.484. The number of rotatable bonds is 9. The van der Waals surface area contributed by atoms with Crippen LogP contribution in [-0.2, 0) is 13.0 Å². The Morgan fingerprint density at radius 1 is 0.970 bits per heavy atom. The Bertz CT molecular complexity index is 1010. The van der Waals surface area contributed by atoms with Crippen LogP contribution in [0, 0.1) is 20.8 Å². The maximum Gasteiger partial charge on any atom is 0.127 e. The van der Waals surface area contributed by atoms with Gasteiger partial charge in [-0.2, -0.15) is 0 Å². The maximum absolute atomic E-state index is 6.73. The molecule has 0 spiro atoms. The van der Waals surface area contributed by atoms with Crippen molar-refractivity contribution in [3.8, 4) is 11.5 Å². The predicted octanol–water partition coefficient (Wildman–Crippen LogP) is 8.75. The van der Waals surface area contributed by atoms with E-state index >= 15 is 0 Å². The van der Waals surface area contributed by atoms with Crippen molar-refractivity contribution in [3.63, 3.8) is 0 Å². The van der Waals surface area contributed by atoms with E-state index in [1.165, 1.54) is 39.0 Å². The molecule has 33 heavy (non-hydrogen) atoms. The van der Waals surface area contributed by atoms with Crippen LogP contribution in [0.2, 0.25) is 0 Å². The molecular weight excluding hydrogens is 404 g/mol. The summed E-state index contributed by atoms with van der Waals surface area (Å²) < 4.78 is 13.1. The molecule has 2 nitrogen and oxygen atoms in total. The number of allylic oxidation sites excluding steroid dienone is 4. The SMILES string of the molecule is CC(C)=CCC/C(C)=C/CC[C@@]1(C)CCc2c(C)c(OCc3ccccc3)c(C)c(C)c2O1. The molecular formula is C31H42O2. The van der Waals surface area contributed by atoms with Gasteiger partial charge in [-0.3, -0.25) is 0 Å². The van der Waals surface area contributed by atoms with Gasteiger partial charge in [-0.25, -0.2) is 0 Å². The highest BCUT2D eigenvalue weighted by molar-refractivity contribution is 5.59. The molecule has 0 fully saturated rings. The van der Waals surface area contributed by atoms with Crippen molar-refractivity contribution in [2.24, 2.45) is 0 Å². The Morgan fingerprint density at radius 3 is 2.39 bits per heavy atom. The zero-order valence-electron chi connectivity index (χ0n) is 21.8. The summed E-state index contributed by atoms with van der Waals surface area (Å²) in [5.41, 5.74) is 8.95. The average molecular weight is 447 g/mol. The van der Waals surface area contributed by atoms with Crippen LogP contribution in [0.3, 0.4) is 0 Å². The van der Waals surface area contributed by atoms with Crippen LogP contribution in [0.15, 0.2) is 53.6 Å². The molecule has 2 aromatic carbocycles. The van der Waals surface area contributed by atoms with E-state index in [2.05, 4.69) is 84.9 Å². The van der Waals surface area contributed by atoms with Gasteiger partial charge in [-0.15, -0.1) is 0 Å². The van der Waals surface area contributed by atoms with Crippen molar-refractivity contribution >= 4 is 0 Å². The smallest absolute Gasteiger partial charge is 0.127 e. The van der Waals surface area contributed by atoms with Gasteiger partial charge in [0, 0.05) is 5.56 Å². The number of fused-ring (bicyclic) bond motifs is 1. The normalized spacial score (nSPS) is 17.8. The molecule has 178 valence electrons. The highest BCUT2D eigenvalue weighted by Gasteiger charge is 2.34. The minimum absolute atomic E-state index is 0.111. The van der Waals surface area contributed by atoms with E-state index in [1.54, 1.807) is 0 Å². The molecule has 1 aliphatic heterocycles. The Balaban J connectivity index is 1.69. The van der Waals surface area contributed by atoms with Crippen molar-refractivity contribution in [1.29, 1.82) is 0 Å². The summed E-state index contributed by atoms with van der Waals surface area (Å²) in [6.07, 6.45) is 11.2. The van der Waals surface area contributed by atoms with Gasteiger partial charge in [0.25, 0.3) is 0 Å². The third-order valence-corrected chi connectivity index (χ3v) is 7.05. The first-order chi connectivity index (χ1) is 15.7. The van der Waals surface area contributed by atoms with Gasteiger partial charge in [-0.1, -0.05) is 53.6 Å². The van der Waals surface area contributed by atoms with Gasteiger partial charge < -0.3 is 9.47 Å². The number of benzene rings is 2. The van der Waals surface area contributed by atoms with Crippen molar-refractivity contribution in [2.75, 3.05) is 0 Å². The summed E-state index contributed by atoms with van der Waals surface area (Å²) >= 11 is 0. The Hall–Kier alpha value is -2.48. The number of ether oxygens (including phenoxy) is 2. The molecule has 0 radical (unpaired) electrons. The van der Waals surface area contributed by atoms with Crippen molar-refractivity contribution in [3.05, 3.63) is 81.4 Å². The summed E-state index contributed by atoms with van der Waals surface area (Å²) in [6, 6.07) is 10.4. The first-order valence-electron chi connectivity index (χ1n) is 12.5. The zero-order chi connectivity index (χ0) is 24.0. The molecule has 1 heterocycles. The molecule has 0 N–H and O–H groups in total. The van der Waals surface area contributed by atoms with Gasteiger partial charge in [-0.05, 0) is 109 Å². The van der Waals surface area contributed by atoms with Crippen LogP contribution in [-0.4, -0.2) is 5.60 Å². The van der Waals surface area contributed by atoms with Gasteiger partial charge >= 0.3 is 0 Å². The minimum Gasteiger partial charge on any atom is -0.488 e. The monoisotopic (exact) mass is 446 g/mol. The molecule has 2 heteroatoms. The average Bonchev–Trinajstić information content (AvgIpc) is 2.78. The van der Waals surface area contributed by atoms with Crippen LogP contribution in [0.25, 0.3) is 0 Å². The summed E-state index contributed by atoms with van der Waals surface area (Å²) in [4.78, 5) is 0. The summed E-state index contributed by atoms with van der Waals surface area (Å²) in [7, 11) is 0. The second-order valence-corrected chi connectivity index (χ2v) is 10.2. The lowest BCUT2D eigenvalue weighted by Gasteiger charge is -2.38. The molecule has 0 saturated heterocycles. The van der Waals surface area contributed by atoms with Crippen molar-refractivity contribution in [2.45, 2.75) is 99.2 Å². The fourth-order valence-corrected chi connectivity index (χ4v) is 4.72. The topological polar surface area (TPSA) is 18.5 Å². The predicted molar refractivity (Wildman–Crippen MR) is 140 cm³/mol. The van der Waals surface area contributed by atoms with Crippen LogP contribution < -0.4 is 9.47 Å². The van der Waals surface area contributed by atoms with E-state index in [9.17, 15) is 0 Å². The lowest BCUT2D eigenvalue weighted by molar-refractivity contribution is 0.0557. The standard InChI is InChI=1S/C31H42O2/c1-22(2)13-11-14-23(3)15-12-19-31(7)20-18-28-26(6)29(24(4)25(5)30(28)33-31)32-21-27-16-9-8-10-17-27/h8-10,13,15-17H,11-12,14,18-21H2,1-7H3/b23-15+/t31-/m0/s1. The lowest BCUT2D eigenvalue weighted by atomic mass is 9.85. The van der Waals surface area contributed by atoms with Gasteiger partial charge in [0.05, 0.1) is 0 Å². The molecule has 0 aliphatic carbocycles. The molecule has 2 aromatic rings. The van der Waals surface area contributed by atoms with Crippen molar-refractivity contribution < 1.29 is 9.47 Å². The largest absolute Gasteiger partial charge is 0.488 e. The zero-order valence-corrected chi connectivity index (χ0v) is 21.8. The summed E-state index contributed by atoms with van der Waals surface area (Å²) in [5, 5.41) is 0. The second kappa shape index (κ2) is 11.1. The van der Waals surface area contributed by atoms with E-state index in [-0.39, 0.29) is 5.60 Å². The summed E-state index contributed by atoms with van der Waals surface area (Å²) in [5.74, 6) is 2.12. The first kappa shape index (κ1) is 25.1. The molecule has 0 aromatic heterocycles. The first-order valence-corrected chi connectivity index (χ1v) is 12.5. The minimum atomic E-state index is -0.111. The van der Waals surface area contributed by atoms with E-state index in [0.717, 1.165) is 50.0 Å². The van der Waals surface area contributed by atoms with E-state index < -0.39 is 0 Å². The van der Waals surface area contributed by atoms with E-state index in [1.807, 2.05) is 6.07 Å². The molecule has 1 aliphatic rings. The highest BCUT2D eigenvalue weighted by atomic mass is 16.5. The molecule has 0 bridgehead atoms. The Labute approximate surface area is 201 Å². The molecule has 0 unspecified atom stereocenters.